The summed E-state index contributed by atoms with van der Waals surface area (Å²) >= 11 is 0. The molecule has 0 aromatic carbocycles. The molecular formula is C14H23N3O3. The van der Waals surface area contributed by atoms with E-state index in [1.54, 1.807) is 4.90 Å². The van der Waals surface area contributed by atoms with E-state index in [0.29, 0.717) is 19.1 Å². The van der Waals surface area contributed by atoms with E-state index in [9.17, 15) is 9.59 Å². The maximum Gasteiger partial charge on any atom is 0.327 e. The molecule has 0 spiro atoms. The SMILES string of the molecule is C#CCC(NC(=O)N1CCC(N(CC)CC)C1)C(=O)O. The van der Waals surface area contributed by atoms with Crippen molar-refractivity contribution >= 4 is 12.0 Å². The number of hydrogen-bond donors (Lipinski definition) is 2. The molecule has 2 atom stereocenters. The third-order valence-corrected chi connectivity index (χ3v) is 3.70. The van der Waals surface area contributed by atoms with Crippen molar-refractivity contribution in [1.82, 2.24) is 15.1 Å². The predicted molar refractivity (Wildman–Crippen MR) is 76.3 cm³/mol. The first-order valence-electron chi connectivity index (χ1n) is 6.99. The van der Waals surface area contributed by atoms with Crippen molar-refractivity contribution in [2.45, 2.75) is 38.8 Å². The number of carbonyl (C=O) groups is 2. The Morgan fingerprint density at radius 1 is 1.50 bits per heavy atom. The van der Waals surface area contributed by atoms with E-state index < -0.39 is 12.0 Å². The highest BCUT2D eigenvalue weighted by Gasteiger charge is 2.30. The van der Waals surface area contributed by atoms with E-state index in [1.807, 2.05) is 0 Å². The fraction of sp³-hybridized carbons (Fsp3) is 0.714. The molecule has 2 unspecified atom stereocenters. The molecule has 112 valence electrons. The number of terminal acetylenes is 1. The van der Waals surface area contributed by atoms with Gasteiger partial charge in [-0.15, -0.1) is 12.3 Å². The quantitative estimate of drug-likeness (QED) is 0.699. The number of likely N-dealkylation sites (tertiary alicyclic amines) is 1. The molecule has 2 N–H and O–H groups in total. The molecule has 20 heavy (non-hydrogen) atoms. The fourth-order valence-corrected chi connectivity index (χ4v) is 2.52. The molecule has 2 amide bonds. The van der Waals surface area contributed by atoms with Crippen molar-refractivity contribution in [3.8, 4) is 12.3 Å². The summed E-state index contributed by atoms with van der Waals surface area (Å²) in [4.78, 5) is 27.0. The molecule has 0 bridgehead atoms. The number of rotatable bonds is 6. The number of nitrogens with zero attached hydrogens (tertiary/aromatic N) is 2. The molecule has 6 nitrogen and oxygen atoms in total. The topological polar surface area (TPSA) is 72.9 Å². The number of carboxylic acids is 1. The summed E-state index contributed by atoms with van der Waals surface area (Å²) in [6, 6.07) is -1.01. The summed E-state index contributed by atoms with van der Waals surface area (Å²) in [6.07, 6.45) is 6.02. The summed E-state index contributed by atoms with van der Waals surface area (Å²) in [7, 11) is 0. The Kier molecular flexibility index (Phi) is 6.32. The zero-order valence-electron chi connectivity index (χ0n) is 12.1. The average Bonchev–Trinajstić information content (AvgIpc) is 2.89. The molecule has 1 aliphatic rings. The summed E-state index contributed by atoms with van der Waals surface area (Å²) in [6.45, 7) is 7.38. The Labute approximate surface area is 120 Å². The van der Waals surface area contributed by atoms with E-state index in [-0.39, 0.29) is 12.5 Å². The standard InChI is InChI=1S/C14H23N3O3/c1-4-7-12(13(18)19)15-14(20)17-9-8-11(10-17)16(5-2)6-3/h1,11-12H,5-10H2,2-3H3,(H,15,20)(H,18,19). The van der Waals surface area contributed by atoms with Crippen molar-refractivity contribution in [2.24, 2.45) is 0 Å². The van der Waals surface area contributed by atoms with Gasteiger partial charge in [-0.05, 0) is 19.5 Å². The number of likely N-dealkylation sites (N-methyl/N-ethyl adjacent to an activating group) is 1. The lowest BCUT2D eigenvalue weighted by Gasteiger charge is -2.26. The minimum Gasteiger partial charge on any atom is -0.480 e. The highest BCUT2D eigenvalue weighted by molar-refractivity contribution is 5.83. The van der Waals surface area contributed by atoms with E-state index in [1.165, 1.54) is 0 Å². The Hall–Kier alpha value is -1.74. The van der Waals surface area contributed by atoms with Gasteiger partial charge in [0, 0.05) is 25.6 Å². The molecule has 0 aromatic heterocycles. The van der Waals surface area contributed by atoms with Crippen LogP contribution < -0.4 is 5.32 Å². The molecule has 1 fully saturated rings. The van der Waals surface area contributed by atoms with Crippen LogP contribution in [0, 0.1) is 12.3 Å². The van der Waals surface area contributed by atoms with E-state index in [4.69, 9.17) is 11.5 Å². The number of aliphatic carboxylic acids is 1. The molecule has 1 aliphatic heterocycles. The van der Waals surface area contributed by atoms with Crippen LogP contribution >= 0.6 is 0 Å². The third kappa shape index (κ3) is 4.14. The Bertz CT molecular complexity index is 388. The van der Waals surface area contributed by atoms with Gasteiger partial charge in [0.15, 0.2) is 0 Å². The number of carboxylic acid groups (broad SMARTS) is 1. The summed E-state index contributed by atoms with van der Waals surface area (Å²) in [5.41, 5.74) is 0. The molecule has 1 heterocycles. The van der Waals surface area contributed by atoms with Crippen molar-refractivity contribution < 1.29 is 14.7 Å². The van der Waals surface area contributed by atoms with Crippen LogP contribution in [0.2, 0.25) is 0 Å². The van der Waals surface area contributed by atoms with Gasteiger partial charge in [-0.1, -0.05) is 13.8 Å². The van der Waals surface area contributed by atoms with E-state index in [0.717, 1.165) is 19.5 Å². The van der Waals surface area contributed by atoms with Gasteiger partial charge in [0.2, 0.25) is 0 Å². The first-order chi connectivity index (χ1) is 9.53. The Balaban J connectivity index is 2.53. The lowest BCUT2D eigenvalue weighted by atomic mass is 10.2. The molecule has 0 aromatic rings. The molecule has 0 saturated carbocycles. The normalized spacial score (nSPS) is 19.7. The van der Waals surface area contributed by atoms with Crippen LogP contribution in [0.15, 0.2) is 0 Å². The number of amides is 2. The smallest absolute Gasteiger partial charge is 0.327 e. The van der Waals surface area contributed by atoms with Gasteiger partial charge in [-0.3, -0.25) is 4.90 Å². The van der Waals surface area contributed by atoms with Crippen molar-refractivity contribution in [3.05, 3.63) is 0 Å². The Morgan fingerprint density at radius 3 is 2.65 bits per heavy atom. The minimum absolute atomic E-state index is 0.00557. The predicted octanol–water partition coefficient (Wildman–Crippen LogP) is 0.589. The number of urea groups is 1. The number of hydrogen-bond acceptors (Lipinski definition) is 3. The van der Waals surface area contributed by atoms with Gasteiger partial charge in [0.25, 0.3) is 0 Å². The van der Waals surface area contributed by atoms with Gasteiger partial charge >= 0.3 is 12.0 Å². The van der Waals surface area contributed by atoms with Crippen LogP contribution in [0.25, 0.3) is 0 Å². The second-order valence-corrected chi connectivity index (χ2v) is 4.86. The van der Waals surface area contributed by atoms with Crippen LogP contribution in [0.4, 0.5) is 4.79 Å². The highest BCUT2D eigenvalue weighted by Crippen LogP contribution is 2.15. The molecule has 6 heteroatoms. The second kappa shape index (κ2) is 7.75. The van der Waals surface area contributed by atoms with E-state index >= 15 is 0 Å². The van der Waals surface area contributed by atoms with Crippen LogP contribution in [-0.2, 0) is 4.79 Å². The van der Waals surface area contributed by atoms with Crippen molar-refractivity contribution in [3.63, 3.8) is 0 Å². The van der Waals surface area contributed by atoms with Crippen LogP contribution in [0.5, 0.6) is 0 Å². The minimum atomic E-state index is -1.10. The molecule has 0 radical (unpaired) electrons. The van der Waals surface area contributed by atoms with Gasteiger partial charge in [-0.2, -0.15) is 0 Å². The van der Waals surface area contributed by atoms with Gasteiger partial charge in [-0.25, -0.2) is 9.59 Å². The highest BCUT2D eigenvalue weighted by atomic mass is 16.4. The maximum atomic E-state index is 12.0. The van der Waals surface area contributed by atoms with Crippen LogP contribution in [0.3, 0.4) is 0 Å². The fourth-order valence-electron chi connectivity index (χ4n) is 2.52. The lowest BCUT2D eigenvalue weighted by molar-refractivity contribution is -0.139. The first-order valence-corrected chi connectivity index (χ1v) is 6.99. The van der Waals surface area contributed by atoms with Crippen molar-refractivity contribution in [1.29, 1.82) is 0 Å². The molecule has 1 rings (SSSR count). The second-order valence-electron chi connectivity index (χ2n) is 4.86. The zero-order chi connectivity index (χ0) is 15.1. The molecule has 0 aliphatic carbocycles. The third-order valence-electron chi connectivity index (χ3n) is 3.70. The van der Waals surface area contributed by atoms with Crippen LogP contribution in [0.1, 0.15) is 26.7 Å². The van der Waals surface area contributed by atoms with Gasteiger partial charge < -0.3 is 15.3 Å². The molecular weight excluding hydrogens is 258 g/mol. The summed E-state index contributed by atoms with van der Waals surface area (Å²) in [5, 5.41) is 11.5. The monoisotopic (exact) mass is 281 g/mol. The largest absolute Gasteiger partial charge is 0.480 e. The number of carbonyl (C=O) groups excluding carboxylic acids is 1. The lowest BCUT2D eigenvalue weighted by Crippen LogP contribution is -2.48. The number of nitrogens with one attached hydrogen (secondary N) is 1. The van der Waals surface area contributed by atoms with E-state index in [2.05, 4.69) is 30.0 Å². The summed E-state index contributed by atoms with van der Waals surface area (Å²) < 4.78 is 0. The summed E-state index contributed by atoms with van der Waals surface area (Å²) in [5.74, 6) is 1.17. The zero-order valence-corrected chi connectivity index (χ0v) is 12.1. The van der Waals surface area contributed by atoms with Crippen molar-refractivity contribution in [2.75, 3.05) is 26.2 Å². The van der Waals surface area contributed by atoms with Gasteiger partial charge in [0.1, 0.15) is 6.04 Å². The average molecular weight is 281 g/mol. The van der Waals surface area contributed by atoms with Crippen LogP contribution in [-0.4, -0.2) is 65.2 Å². The molecule has 1 saturated heterocycles. The Morgan fingerprint density at radius 2 is 2.15 bits per heavy atom. The maximum absolute atomic E-state index is 12.0. The first kappa shape index (κ1) is 16.3. The van der Waals surface area contributed by atoms with Gasteiger partial charge in [0.05, 0.1) is 0 Å².